The van der Waals surface area contributed by atoms with Gasteiger partial charge in [0.25, 0.3) is 0 Å². The molecule has 1 rings (SSSR count). The molecule has 0 atom stereocenters. The predicted octanol–water partition coefficient (Wildman–Crippen LogP) is 0.804. The zero-order valence-electron chi connectivity index (χ0n) is 11.5. The van der Waals surface area contributed by atoms with Crippen LogP contribution in [0.1, 0.15) is 33.1 Å². The van der Waals surface area contributed by atoms with Crippen molar-refractivity contribution in [3.05, 3.63) is 0 Å². The Hall–Kier alpha value is -0.170. The van der Waals surface area contributed by atoms with Gasteiger partial charge >= 0.3 is 0 Å². The Bertz CT molecular complexity index is 339. The molecule has 0 bridgehead atoms. The van der Waals surface area contributed by atoms with E-state index < -0.39 is 10.0 Å². The minimum absolute atomic E-state index is 0.0660. The summed E-state index contributed by atoms with van der Waals surface area (Å²) in [5.41, 5.74) is 5.47. The summed E-state index contributed by atoms with van der Waals surface area (Å²) in [5.74, 6) is 0.0660. The maximum atomic E-state index is 12.1. The Balaban J connectivity index is 2.49. The van der Waals surface area contributed by atoms with Crippen LogP contribution in [0.5, 0.6) is 0 Å². The molecule has 0 aromatic rings. The van der Waals surface area contributed by atoms with Crippen LogP contribution in [0.3, 0.4) is 0 Å². The molecule has 5 nitrogen and oxygen atoms in total. The lowest BCUT2D eigenvalue weighted by Crippen LogP contribution is -2.34. The highest BCUT2D eigenvalue weighted by Crippen LogP contribution is 2.38. The molecular weight excluding hydrogens is 252 g/mol. The van der Waals surface area contributed by atoms with Crippen molar-refractivity contribution in [2.75, 3.05) is 38.6 Å². The SMILES string of the molecule is CCC1(CC)CCN(S(=O)(=O)CCOCCN)C1. The summed E-state index contributed by atoms with van der Waals surface area (Å²) >= 11 is 0. The van der Waals surface area contributed by atoms with Gasteiger partial charge < -0.3 is 10.5 Å². The fourth-order valence-electron chi connectivity index (χ4n) is 2.44. The third-order valence-corrected chi connectivity index (χ3v) is 5.83. The van der Waals surface area contributed by atoms with E-state index in [9.17, 15) is 8.42 Å². The van der Waals surface area contributed by atoms with Crippen molar-refractivity contribution >= 4 is 10.0 Å². The summed E-state index contributed by atoms with van der Waals surface area (Å²) in [4.78, 5) is 0. The molecule has 0 radical (unpaired) electrons. The van der Waals surface area contributed by atoms with Gasteiger partial charge in [-0.2, -0.15) is 0 Å². The van der Waals surface area contributed by atoms with Crippen LogP contribution < -0.4 is 5.73 Å². The van der Waals surface area contributed by atoms with Gasteiger partial charge in [-0.1, -0.05) is 13.8 Å². The molecular formula is C12H26N2O3S. The fourth-order valence-corrected chi connectivity index (χ4v) is 3.86. The van der Waals surface area contributed by atoms with Crippen LogP contribution in [0.15, 0.2) is 0 Å². The van der Waals surface area contributed by atoms with Gasteiger partial charge in [0.2, 0.25) is 10.0 Å². The Morgan fingerprint density at radius 3 is 2.44 bits per heavy atom. The van der Waals surface area contributed by atoms with E-state index in [1.165, 1.54) is 0 Å². The van der Waals surface area contributed by atoms with Crippen molar-refractivity contribution in [1.82, 2.24) is 4.31 Å². The Labute approximate surface area is 111 Å². The molecule has 18 heavy (non-hydrogen) atoms. The van der Waals surface area contributed by atoms with Crippen LogP contribution in [0.25, 0.3) is 0 Å². The van der Waals surface area contributed by atoms with Gasteiger partial charge in [0.1, 0.15) is 0 Å². The molecule has 0 unspecified atom stereocenters. The molecule has 0 saturated carbocycles. The maximum Gasteiger partial charge on any atom is 0.216 e. The van der Waals surface area contributed by atoms with E-state index in [4.69, 9.17) is 10.5 Å². The van der Waals surface area contributed by atoms with Crippen molar-refractivity contribution in [3.63, 3.8) is 0 Å². The Morgan fingerprint density at radius 2 is 1.94 bits per heavy atom. The number of rotatable bonds is 8. The molecule has 1 heterocycles. The van der Waals surface area contributed by atoms with Crippen molar-refractivity contribution < 1.29 is 13.2 Å². The minimum atomic E-state index is -3.16. The average Bonchev–Trinajstić information content (AvgIpc) is 2.81. The van der Waals surface area contributed by atoms with E-state index in [0.29, 0.717) is 26.2 Å². The van der Waals surface area contributed by atoms with Crippen molar-refractivity contribution in [2.24, 2.45) is 11.1 Å². The molecule has 1 fully saturated rings. The maximum absolute atomic E-state index is 12.1. The zero-order chi connectivity index (χ0) is 13.6. The summed E-state index contributed by atoms with van der Waals surface area (Å²) < 4.78 is 31.0. The van der Waals surface area contributed by atoms with Gasteiger partial charge in [0.15, 0.2) is 0 Å². The van der Waals surface area contributed by atoms with Crippen molar-refractivity contribution in [2.45, 2.75) is 33.1 Å². The first-order chi connectivity index (χ1) is 8.49. The molecule has 1 aliphatic heterocycles. The van der Waals surface area contributed by atoms with E-state index in [1.807, 2.05) is 0 Å². The molecule has 1 saturated heterocycles. The van der Waals surface area contributed by atoms with Crippen LogP contribution in [-0.2, 0) is 14.8 Å². The smallest absolute Gasteiger partial charge is 0.216 e. The Kier molecular flexibility index (Phi) is 6.04. The molecule has 2 N–H and O–H groups in total. The molecule has 0 aromatic heterocycles. The zero-order valence-corrected chi connectivity index (χ0v) is 12.3. The predicted molar refractivity (Wildman–Crippen MR) is 72.9 cm³/mol. The monoisotopic (exact) mass is 278 g/mol. The Morgan fingerprint density at radius 1 is 1.28 bits per heavy atom. The van der Waals surface area contributed by atoms with Crippen LogP contribution in [-0.4, -0.2) is 51.3 Å². The van der Waals surface area contributed by atoms with Gasteiger partial charge in [0, 0.05) is 19.6 Å². The molecule has 0 amide bonds. The highest BCUT2D eigenvalue weighted by Gasteiger charge is 2.39. The van der Waals surface area contributed by atoms with Crippen LogP contribution in [0.4, 0.5) is 0 Å². The van der Waals surface area contributed by atoms with E-state index >= 15 is 0 Å². The van der Waals surface area contributed by atoms with E-state index in [-0.39, 0.29) is 17.8 Å². The standard InChI is InChI=1S/C12H26N2O3S/c1-3-12(4-2)5-7-14(11-12)18(15,16)10-9-17-8-6-13/h3-11,13H2,1-2H3. The quantitative estimate of drug-likeness (QED) is 0.667. The molecule has 0 aliphatic carbocycles. The summed E-state index contributed by atoms with van der Waals surface area (Å²) in [6.07, 6.45) is 3.06. The molecule has 0 spiro atoms. The second-order valence-corrected chi connectivity index (χ2v) is 7.10. The van der Waals surface area contributed by atoms with Gasteiger partial charge in [-0.25, -0.2) is 12.7 Å². The summed E-state index contributed by atoms with van der Waals surface area (Å²) in [7, 11) is -3.16. The third kappa shape index (κ3) is 3.91. The number of hydrogen-bond donors (Lipinski definition) is 1. The summed E-state index contributed by atoms with van der Waals surface area (Å²) in [5, 5.41) is 0. The highest BCUT2D eigenvalue weighted by molar-refractivity contribution is 7.89. The second kappa shape index (κ2) is 6.84. The van der Waals surface area contributed by atoms with Gasteiger partial charge in [-0.3, -0.25) is 0 Å². The first-order valence-corrected chi connectivity index (χ1v) is 8.36. The topological polar surface area (TPSA) is 72.6 Å². The number of hydrogen-bond acceptors (Lipinski definition) is 4. The summed E-state index contributed by atoms with van der Waals surface area (Å²) in [6, 6.07) is 0. The summed E-state index contributed by atoms with van der Waals surface area (Å²) in [6.45, 7) is 6.69. The largest absolute Gasteiger partial charge is 0.379 e. The minimum Gasteiger partial charge on any atom is -0.379 e. The number of nitrogens with zero attached hydrogens (tertiary/aromatic N) is 1. The normalized spacial score (nSPS) is 20.4. The van der Waals surface area contributed by atoms with Crippen molar-refractivity contribution in [3.8, 4) is 0 Å². The molecule has 108 valence electrons. The number of nitrogens with two attached hydrogens (primary N) is 1. The van der Waals surface area contributed by atoms with Crippen LogP contribution in [0, 0.1) is 5.41 Å². The van der Waals surface area contributed by atoms with Gasteiger partial charge in [0.05, 0.1) is 19.0 Å². The first-order valence-electron chi connectivity index (χ1n) is 6.75. The van der Waals surface area contributed by atoms with Crippen LogP contribution in [0.2, 0.25) is 0 Å². The highest BCUT2D eigenvalue weighted by atomic mass is 32.2. The van der Waals surface area contributed by atoms with E-state index in [0.717, 1.165) is 19.3 Å². The molecule has 6 heteroatoms. The van der Waals surface area contributed by atoms with E-state index in [1.54, 1.807) is 4.31 Å². The van der Waals surface area contributed by atoms with Gasteiger partial charge in [-0.05, 0) is 24.7 Å². The average molecular weight is 278 g/mol. The van der Waals surface area contributed by atoms with Crippen LogP contribution >= 0.6 is 0 Å². The lowest BCUT2D eigenvalue weighted by Gasteiger charge is -2.26. The van der Waals surface area contributed by atoms with Gasteiger partial charge in [-0.15, -0.1) is 0 Å². The lowest BCUT2D eigenvalue weighted by molar-refractivity contribution is 0.156. The molecule has 1 aliphatic rings. The lowest BCUT2D eigenvalue weighted by atomic mass is 9.82. The molecule has 0 aromatic carbocycles. The second-order valence-electron chi connectivity index (χ2n) is 5.01. The van der Waals surface area contributed by atoms with Crippen molar-refractivity contribution in [1.29, 1.82) is 0 Å². The number of sulfonamides is 1. The third-order valence-electron chi connectivity index (χ3n) is 4.04. The first kappa shape index (κ1) is 15.9. The van der Waals surface area contributed by atoms with E-state index in [2.05, 4.69) is 13.8 Å². The fraction of sp³-hybridized carbons (Fsp3) is 1.00. The number of ether oxygens (including phenoxy) is 1.